The minimum atomic E-state index is -0.0913. The van der Waals surface area contributed by atoms with Crippen LogP contribution in [0.5, 0.6) is 0 Å². The molecule has 0 aliphatic heterocycles. The van der Waals surface area contributed by atoms with Crippen molar-refractivity contribution < 1.29 is 4.79 Å². The molecule has 0 aromatic carbocycles. The Labute approximate surface area is 126 Å². The molecule has 8 heteroatoms. The molecule has 2 aromatic heterocycles. The Balaban J connectivity index is 1.69. The number of hydrogen-bond acceptors (Lipinski definition) is 3. The van der Waals surface area contributed by atoms with Gasteiger partial charge in [-0.2, -0.15) is 10.2 Å². The van der Waals surface area contributed by atoms with E-state index in [0.717, 1.165) is 12.1 Å². The van der Waals surface area contributed by atoms with Gasteiger partial charge in [-0.1, -0.05) is 23.2 Å². The van der Waals surface area contributed by atoms with Crippen LogP contribution in [0.25, 0.3) is 0 Å². The van der Waals surface area contributed by atoms with Crippen molar-refractivity contribution in [3.8, 4) is 0 Å². The summed E-state index contributed by atoms with van der Waals surface area (Å²) in [6.45, 7) is 3.28. The van der Waals surface area contributed by atoms with Gasteiger partial charge in [0.05, 0.1) is 28.1 Å². The number of aryl methyl sites for hydroxylation is 1. The summed E-state index contributed by atoms with van der Waals surface area (Å²) >= 11 is 11.6. The van der Waals surface area contributed by atoms with E-state index in [2.05, 4.69) is 15.5 Å². The number of carbonyl (C=O) groups excluding carboxylic acids is 1. The minimum absolute atomic E-state index is 0.0913. The third kappa shape index (κ3) is 3.98. The molecule has 108 valence electrons. The summed E-state index contributed by atoms with van der Waals surface area (Å²) in [7, 11) is 0. The second-order valence-corrected chi connectivity index (χ2v) is 5.20. The topological polar surface area (TPSA) is 64.7 Å². The Kier molecular flexibility index (Phi) is 5.03. The Bertz CT molecular complexity index is 592. The van der Waals surface area contributed by atoms with Crippen LogP contribution in [0.3, 0.4) is 0 Å². The zero-order valence-corrected chi connectivity index (χ0v) is 12.5. The van der Waals surface area contributed by atoms with Crippen LogP contribution in [0.15, 0.2) is 18.6 Å². The van der Waals surface area contributed by atoms with E-state index < -0.39 is 0 Å². The third-order valence-electron chi connectivity index (χ3n) is 2.82. The van der Waals surface area contributed by atoms with Gasteiger partial charge in [0.2, 0.25) is 5.91 Å². The molecule has 1 N–H and O–H groups in total. The fraction of sp³-hybridized carbons (Fsp3) is 0.417. The Hall–Kier alpha value is -1.53. The van der Waals surface area contributed by atoms with Crippen molar-refractivity contribution in [3.63, 3.8) is 0 Å². The lowest BCUT2D eigenvalue weighted by Crippen LogP contribution is -2.29. The number of carbonyl (C=O) groups is 1. The van der Waals surface area contributed by atoms with Crippen LogP contribution >= 0.6 is 23.2 Å². The maximum Gasteiger partial charge on any atom is 0.241 e. The number of amides is 1. The van der Waals surface area contributed by atoms with Crippen molar-refractivity contribution in [1.82, 2.24) is 24.9 Å². The Morgan fingerprint density at radius 2 is 2.15 bits per heavy atom. The summed E-state index contributed by atoms with van der Waals surface area (Å²) in [6.07, 6.45) is 5.65. The number of nitrogens with zero attached hydrogens (tertiary/aromatic N) is 4. The van der Waals surface area contributed by atoms with E-state index in [9.17, 15) is 4.79 Å². The first-order chi connectivity index (χ1) is 9.56. The highest BCUT2D eigenvalue weighted by Gasteiger charge is 2.08. The number of aromatic nitrogens is 4. The summed E-state index contributed by atoms with van der Waals surface area (Å²) in [6, 6.07) is 0. The van der Waals surface area contributed by atoms with E-state index in [1.165, 1.54) is 6.20 Å². The van der Waals surface area contributed by atoms with Crippen LogP contribution in [-0.2, 0) is 17.9 Å². The zero-order chi connectivity index (χ0) is 14.5. The highest BCUT2D eigenvalue weighted by molar-refractivity contribution is 6.31. The lowest BCUT2D eigenvalue weighted by Gasteiger charge is -2.07. The molecule has 0 saturated carbocycles. The van der Waals surface area contributed by atoms with Crippen molar-refractivity contribution in [2.75, 3.05) is 6.54 Å². The van der Waals surface area contributed by atoms with E-state index in [4.69, 9.17) is 23.2 Å². The molecule has 2 heterocycles. The molecule has 2 rings (SSSR count). The second kappa shape index (κ2) is 6.76. The van der Waals surface area contributed by atoms with Crippen LogP contribution in [0, 0.1) is 6.92 Å². The molecule has 0 spiro atoms. The van der Waals surface area contributed by atoms with E-state index in [0.29, 0.717) is 23.1 Å². The van der Waals surface area contributed by atoms with Gasteiger partial charge in [-0.15, -0.1) is 0 Å². The highest BCUT2D eigenvalue weighted by atomic mass is 35.5. The van der Waals surface area contributed by atoms with Gasteiger partial charge in [-0.05, 0) is 13.3 Å². The van der Waals surface area contributed by atoms with Gasteiger partial charge in [0, 0.05) is 19.3 Å². The molecule has 6 nitrogen and oxygen atoms in total. The van der Waals surface area contributed by atoms with Gasteiger partial charge in [0.1, 0.15) is 6.54 Å². The largest absolute Gasteiger partial charge is 0.354 e. The predicted octanol–water partition coefficient (Wildman–Crippen LogP) is 1.90. The SMILES string of the molecule is Cc1c(Cl)cnn1CC(=O)NCCCn1cc(Cl)cn1. The highest BCUT2D eigenvalue weighted by Crippen LogP contribution is 2.12. The molecule has 0 fully saturated rings. The maximum atomic E-state index is 11.7. The van der Waals surface area contributed by atoms with Gasteiger partial charge in [-0.3, -0.25) is 14.2 Å². The van der Waals surface area contributed by atoms with Crippen LogP contribution in [0.2, 0.25) is 10.0 Å². The molecular formula is C12H15Cl2N5O. The van der Waals surface area contributed by atoms with Crippen molar-refractivity contribution in [2.24, 2.45) is 0 Å². The fourth-order valence-electron chi connectivity index (χ4n) is 1.70. The summed E-state index contributed by atoms with van der Waals surface area (Å²) in [5.74, 6) is -0.0913. The standard InChI is InChI=1S/C12H15Cl2N5O/c1-9-11(14)6-17-19(9)8-12(20)15-3-2-4-18-7-10(13)5-16-18/h5-7H,2-4,8H2,1H3,(H,15,20). The number of halogens is 2. The van der Waals surface area contributed by atoms with Crippen molar-refractivity contribution >= 4 is 29.1 Å². The van der Waals surface area contributed by atoms with E-state index >= 15 is 0 Å². The normalized spacial score (nSPS) is 10.8. The molecule has 2 aromatic rings. The molecule has 20 heavy (non-hydrogen) atoms. The van der Waals surface area contributed by atoms with Crippen molar-refractivity contribution in [3.05, 3.63) is 34.3 Å². The smallest absolute Gasteiger partial charge is 0.241 e. The molecule has 1 amide bonds. The van der Waals surface area contributed by atoms with Gasteiger partial charge in [-0.25, -0.2) is 0 Å². The molecule has 0 bridgehead atoms. The number of rotatable bonds is 6. The number of hydrogen-bond donors (Lipinski definition) is 1. The Morgan fingerprint density at radius 3 is 2.75 bits per heavy atom. The lowest BCUT2D eigenvalue weighted by molar-refractivity contribution is -0.121. The molecule has 0 atom stereocenters. The van der Waals surface area contributed by atoms with E-state index in [1.807, 2.05) is 6.92 Å². The van der Waals surface area contributed by atoms with Crippen LogP contribution in [0.4, 0.5) is 0 Å². The monoisotopic (exact) mass is 315 g/mol. The molecular weight excluding hydrogens is 301 g/mol. The summed E-state index contributed by atoms with van der Waals surface area (Å²) < 4.78 is 3.32. The van der Waals surface area contributed by atoms with Gasteiger partial charge >= 0.3 is 0 Å². The molecule has 0 radical (unpaired) electrons. The van der Waals surface area contributed by atoms with Gasteiger partial charge < -0.3 is 5.32 Å². The van der Waals surface area contributed by atoms with E-state index in [-0.39, 0.29) is 12.5 Å². The van der Waals surface area contributed by atoms with Gasteiger partial charge in [0.15, 0.2) is 0 Å². The third-order valence-corrected chi connectivity index (χ3v) is 3.39. The first kappa shape index (κ1) is 14.9. The van der Waals surface area contributed by atoms with Crippen molar-refractivity contribution in [1.29, 1.82) is 0 Å². The number of nitrogens with one attached hydrogen (secondary N) is 1. The second-order valence-electron chi connectivity index (χ2n) is 4.36. The molecule has 0 unspecified atom stereocenters. The molecule has 0 aliphatic carbocycles. The van der Waals surface area contributed by atoms with E-state index in [1.54, 1.807) is 21.8 Å². The predicted molar refractivity (Wildman–Crippen MR) is 76.8 cm³/mol. The van der Waals surface area contributed by atoms with Crippen LogP contribution < -0.4 is 5.32 Å². The molecule has 0 aliphatic rings. The summed E-state index contributed by atoms with van der Waals surface area (Å²) in [5.41, 5.74) is 0.785. The van der Waals surface area contributed by atoms with Crippen LogP contribution in [-0.4, -0.2) is 32.0 Å². The average Bonchev–Trinajstić information content (AvgIpc) is 2.96. The quantitative estimate of drug-likeness (QED) is 0.828. The van der Waals surface area contributed by atoms with Crippen molar-refractivity contribution in [2.45, 2.75) is 26.4 Å². The first-order valence-corrected chi connectivity index (χ1v) is 6.94. The first-order valence-electron chi connectivity index (χ1n) is 6.19. The minimum Gasteiger partial charge on any atom is -0.354 e. The fourth-order valence-corrected chi connectivity index (χ4v) is 2.00. The molecule has 0 saturated heterocycles. The van der Waals surface area contributed by atoms with Gasteiger partial charge in [0.25, 0.3) is 0 Å². The summed E-state index contributed by atoms with van der Waals surface area (Å²) in [4.78, 5) is 11.7. The lowest BCUT2D eigenvalue weighted by atomic mass is 10.4. The maximum absolute atomic E-state index is 11.7. The zero-order valence-electron chi connectivity index (χ0n) is 11.0. The van der Waals surface area contributed by atoms with Crippen LogP contribution in [0.1, 0.15) is 12.1 Å². The summed E-state index contributed by atoms with van der Waals surface area (Å²) in [5, 5.41) is 12.1. The average molecular weight is 316 g/mol. The Morgan fingerprint density at radius 1 is 1.35 bits per heavy atom.